The second-order valence-electron chi connectivity index (χ2n) is 6.07. The molecule has 0 saturated carbocycles. The number of furan rings is 1. The number of carbonyl (C=O) groups is 2. The lowest BCUT2D eigenvalue weighted by atomic mass is 10.0. The molecule has 1 aromatic heterocycles. The molecule has 0 fully saturated rings. The van der Waals surface area contributed by atoms with Crippen LogP contribution in [0.25, 0.3) is 11.0 Å². The molecule has 0 bridgehead atoms. The lowest BCUT2D eigenvalue weighted by Crippen LogP contribution is -2.34. The Morgan fingerprint density at radius 3 is 2.52 bits per heavy atom. The van der Waals surface area contributed by atoms with E-state index in [0.29, 0.717) is 5.56 Å². The summed E-state index contributed by atoms with van der Waals surface area (Å²) < 4.78 is 5.60. The number of hydrogen-bond donors (Lipinski definition) is 2. The number of nitrogens with one attached hydrogen (secondary N) is 1. The molecule has 0 aliphatic rings. The minimum Gasteiger partial charge on any atom is -0.479 e. The highest BCUT2D eigenvalue weighted by molar-refractivity contribution is 5.91. The van der Waals surface area contributed by atoms with Crippen LogP contribution in [0.15, 0.2) is 53.1 Å². The maximum absolute atomic E-state index is 12.4. The van der Waals surface area contributed by atoms with Gasteiger partial charge in [-0.15, -0.1) is 0 Å². The number of aliphatic carboxylic acids is 1. The molecule has 0 saturated heterocycles. The number of hydrogen-bond acceptors (Lipinski definition) is 3. The van der Waals surface area contributed by atoms with Crippen molar-refractivity contribution in [1.82, 2.24) is 5.32 Å². The van der Waals surface area contributed by atoms with E-state index in [9.17, 15) is 14.7 Å². The van der Waals surface area contributed by atoms with Crippen molar-refractivity contribution in [3.63, 3.8) is 0 Å². The summed E-state index contributed by atoms with van der Waals surface area (Å²) >= 11 is 0. The van der Waals surface area contributed by atoms with Crippen LogP contribution in [0.1, 0.15) is 28.3 Å². The predicted octanol–water partition coefficient (Wildman–Crippen LogP) is 3.53. The second-order valence-corrected chi connectivity index (χ2v) is 6.07. The smallest absolute Gasteiger partial charge is 0.330 e. The Balaban J connectivity index is 1.80. The molecule has 128 valence electrons. The summed E-state index contributed by atoms with van der Waals surface area (Å²) in [6.07, 6.45) is 1.63. The van der Waals surface area contributed by atoms with Crippen molar-refractivity contribution < 1.29 is 19.1 Å². The SMILES string of the molecule is Cc1ccc2c(CC(=O)N[C@H](C(=O)O)c3ccccc3)coc2c1C. The molecule has 1 heterocycles. The van der Waals surface area contributed by atoms with E-state index in [-0.39, 0.29) is 12.3 Å². The molecular weight excluding hydrogens is 318 g/mol. The molecule has 3 rings (SSSR count). The lowest BCUT2D eigenvalue weighted by Gasteiger charge is -2.14. The van der Waals surface area contributed by atoms with Crippen molar-refractivity contribution in [2.45, 2.75) is 26.3 Å². The van der Waals surface area contributed by atoms with Crippen molar-refractivity contribution in [2.24, 2.45) is 0 Å². The first-order chi connectivity index (χ1) is 12.0. The normalized spacial score (nSPS) is 12.1. The monoisotopic (exact) mass is 337 g/mol. The number of rotatable bonds is 5. The summed E-state index contributed by atoms with van der Waals surface area (Å²) in [6, 6.07) is 11.5. The summed E-state index contributed by atoms with van der Waals surface area (Å²) in [4.78, 5) is 23.9. The Morgan fingerprint density at radius 1 is 1.12 bits per heavy atom. The molecular formula is C20H19NO4. The number of aryl methyl sites for hydroxylation is 2. The van der Waals surface area contributed by atoms with Crippen LogP contribution in [0.3, 0.4) is 0 Å². The third-order valence-electron chi connectivity index (χ3n) is 4.38. The van der Waals surface area contributed by atoms with Crippen molar-refractivity contribution in [1.29, 1.82) is 0 Å². The van der Waals surface area contributed by atoms with Gasteiger partial charge in [-0.3, -0.25) is 4.79 Å². The topological polar surface area (TPSA) is 79.5 Å². The van der Waals surface area contributed by atoms with Crippen LogP contribution in [-0.4, -0.2) is 17.0 Å². The highest BCUT2D eigenvalue weighted by Gasteiger charge is 2.22. The maximum atomic E-state index is 12.4. The zero-order valence-electron chi connectivity index (χ0n) is 14.1. The number of fused-ring (bicyclic) bond motifs is 1. The highest BCUT2D eigenvalue weighted by Crippen LogP contribution is 2.27. The van der Waals surface area contributed by atoms with Crippen LogP contribution in [-0.2, 0) is 16.0 Å². The van der Waals surface area contributed by atoms with E-state index in [1.165, 1.54) is 0 Å². The average Bonchev–Trinajstić information content (AvgIpc) is 3.00. The van der Waals surface area contributed by atoms with Crippen LogP contribution in [0.2, 0.25) is 0 Å². The van der Waals surface area contributed by atoms with Crippen LogP contribution in [0.4, 0.5) is 0 Å². The Bertz CT molecular complexity index is 928. The number of benzene rings is 2. The van der Waals surface area contributed by atoms with E-state index >= 15 is 0 Å². The van der Waals surface area contributed by atoms with Crippen molar-refractivity contribution >= 4 is 22.8 Å². The fraction of sp³-hybridized carbons (Fsp3) is 0.200. The zero-order chi connectivity index (χ0) is 18.0. The van der Waals surface area contributed by atoms with Crippen LogP contribution in [0.5, 0.6) is 0 Å². The third kappa shape index (κ3) is 3.40. The number of carboxylic acids is 1. The van der Waals surface area contributed by atoms with Gasteiger partial charge in [0.25, 0.3) is 0 Å². The summed E-state index contributed by atoms with van der Waals surface area (Å²) in [6.45, 7) is 3.97. The molecule has 5 nitrogen and oxygen atoms in total. The summed E-state index contributed by atoms with van der Waals surface area (Å²) in [7, 11) is 0. The van der Waals surface area contributed by atoms with Gasteiger partial charge in [-0.1, -0.05) is 42.5 Å². The first kappa shape index (κ1) is 16.8. The largest absolute Gasteiger partial charge is 0.479 e. The van der Waals surface area contributed by atoms with Gasteiger partial charge in [0.2, 0.25) is 5.91 Å². The first-order valence-electron chi connectivity index (χ1n) is 8.00. The molecule has 3 aromatic rings. The minimum absolute atomic E-state index is 0.0616. The van der Waals surface area contributed by atoms with E-state index in [1.807, 2.05) is 26.0 Å². The fourth-order valence-electron chi connectivity index (χ4n) is 2.84. The molecule has 2 N–H and O–H groups in total. The lowest BCUT2D eigenvalue weighted by molar-refractivity contribution is -0.141. The Hall–Kier alpha value is -3.08. The van der Waals surface area contributed by atoms with Gasteiger partial charge in [-0.05, 0) is 30.5 Å². The molecule has 5 heteroatoms. The molecule has 0 aliphatic heterocycles. The standard InChI is InChI=1S/C20H19NO4/c1-12-8-9-16-15(11-25-19(16)13(12)2)10-17(22)21-18(20(23)24)14-6-4-3-5-7-14/h3-9,11,18H,10H2,1-2H3,(H,21,22)(H,23,24)/t18-/m0/s1. The minimum atomic E-state index is -1.09. The number of amides is 1. The van der Waals surface area contributed by atoms with Gasteiger partial charge in [0, 0.05) is 10.9 Å². The van der Waals surface area contributed by atoms with E-state index in [0.717, 1.165) is 27.7 Å². The predicted molar refractivity (Wildman–Crippen MR) is 94.4 cm³/mol. The van der Waals surface area contributed by atoms with Crippen molar-refractivity contribution in [3.05, 3.63) is 71.0 Å². The number of carbonyl (C=O) groups excluding carboxylic acids is 1. The number of carboxylic acid groups (broad SMARTS) is 1. The molecule has 25 heavy (non-hydrogen) atoms. The van der Waals surface area contributed by atoms with Gasteiger partial charge in [0.1, 0.15) is 5.58 Å². The van der Waals surface area contributed by atoms with Crippen LogP contribution < -0.4 is 5.32 Å². The molecule has 0 unspecified atom stereocenters. The van der Waals surface area contributed by atoms with Gasteiger partial charge in [0.05, 0.1) is 12.7 Å². The summed E-state index contributed by atoms with van der Waals surface area (Å²) in [5, 5.41) is 12.9. The molecule has 1 amide bonds. The maximum Gasteiger partial charge on any atom is 0.330 e. The molecule has 0 aliphatic carbocycles. The van der Waals surface area contributed by atoms with E-state index in [4.69, 9.17) is 4.42 Å². The molecule has 0 radical (unpaired) electrons. The van der Waals surface area contributed by atoms with Gasteiger partial charge in [-0.2, -0.15) is 0 Å². The Morgan fingerprint density at radius 2 is 1.84 bits per heavy atom. The summed E-state index contributed by atoms with van der Waals surface area (Å²) in [5.74, 6) is -1.46. The Kier molecular flexibility index (Phi) is 4.57. The summed E-state index contributed by atoms with van der Waals surface area (Å²) in [5.41, 5.74) is 4.20. The third-order valence-corrected chi connectivity index (χ3v) is 4.38. The van der Waals surface area contributed by atoms with E-state index in [2.05, 4.69) is 5.32 Å². The van der Waals surface area contributed by atoms with Crippen LogP contribution >= 0.6 is 0 Å². The van der Waals surface area contributed by atoms with Crippen LogP contribution in [0, 0.1) is 13.8 Å². The van der Waals surface area contributed by atoms with E-state index in [1.54, 1.807) is 36.6 Å². The van der Waals surface area contributed by atoms with Crippen molar-refractivity contribution in [3.8, 4) is 0 Å². The van der Waals surface area contributed by atoms with E-state index < -0.39 is 12.0 Å². The quantitative estimate of drug-likeness (QED) is 0.746. The molecule has 0 spiro atoms. The van der Waals surface area contributed by atoms with Gasteiger partial charge < -0.3 is 14.8 Å². The van der Waals surface area contributed by atoms with Gasteiger partial charge >= 0.3 is 5.97 Å². The van der Waals surface area contributed by atoms with Gasteiger partial charge in [-0.25, -0.2) is 4.79 Å². The highest BCUT2D eigenvalue weighted by atomic mass is 16.4. The van der Waals surface area contributed by atoms with Gasteiger partial charge in [0.15, 0.2) is 6.04 Å². The fourth-order valence-corrected chi connectivity index (χ4v) is 2.84. The molecule has 2 aromatic carbocycles. The van der Waals surface area contributed by atoms with Crippen molar-refractivity contribution in [2.75, 3.05) is 0 Å². The zero-order valence-corrected chi connectivity index (χ0v) is 14.1. The second kappa shape index (κ2) is 6.81. The first-order valence-corrected chi connectivity index (χ1v) is 8.00. The Labute approximate surface area is 145 Å². The average molecular weight is 337 g/mol. The molecule has 1 atom stereocenters.